The van der Waals surface area contributed by atoms with E-state index in [4.69, 9.17) is 26.4 Å². The number of rotatable bonds is 9. The summed E-state index contributed by atoms with van der Waals surface area (Å²) in [5, 5.41) is 5.88. The molecule has 0 saturated carbocycles. The summed E-state index contributed by atoms with van der Waals surface area (Å²) in [6.45, 7) is 4.53. The number of thiocarbonyl (C=S) groups is 1. The molecule has 0 aliphatic heterocycles. The molecule has 7 heteroatoms. The minimum absolute atomic E-state index is 0.0102. The van der Waals surface area contributed by atoms with Gasteiger partial charge in [-0.1, -0.05) is 42.5 Å². The Labute approximate surface area is 193 Å². The molecule has 32 heavy (non-hydrogen) atoms. The predicted molar refractivity (Wildman–Crippen MR) is 130 cm³/mol. The molecule has 0 aromatic heterocycles. The highest BCUT2D eigenvalue weighted by molar-refractivity contribution is 7.80. The molecule has 0 heterocycles. The first kappa shape index (κ1) is 23.1. The number of hydrogen-bond donors (Lipinski definition) is 2. The lowest BCUT2D eigenvalue weighted by atomic mass is 10.2. The van der Waals surface area contributed by atoms with Crippen molar-refractivity contribution in [3.05, 3.63) is 84.4 Å². The molecule has 3 aromatic carbocycles. The monoisotopic (exact) mass is 450 g/mol. The fourth-order valence-electron chi connectivity index (χ4n) is 2.86. The summed E-state index contributed by atoms with van der Waals surface area (Å²) in [6, 6.07) is 23.9. The van der Waals surface area contributed by atoms with Crippen molar-refractivity contribution in [2.75, 3.05) is 18.5 Å². The first-order valence-electron chi connectivity index (χ1n) is 10.3. The Bertz CT molecular complexity index is 1040. The van der Waals surface area contributed by atoms with Gasteiger partial charge in [-0.05, 0) is 62.5 Å². The van der Waals surface area contributed by atoms with E-state index in [1.54, 1.807) is 24.3 Å². The third-order valence-corrected chi connectivity index (χ3v) is 4.41. The smallest absolute Gasteiger partial charge is 0.261 e. The number of carbonyl (C=O) groups is 1. The number of amides is 1. The third-order valence-electron chi connectivity index (χ3n) is 4.21. The summed E-state index contributed by atoms with van der Waals surface area (Å²) in [5.41, 5.74) is 1.05. The van der Waals surface area contributed by atoms with Crippen LogP contribution in [0.3, 0.4) is 0 Å². The van der Waals surface area contributed by atoms with Crippen LogP contribution in [0, 0.1) is 0 Å². The molecule has 1 amide bonds. The lowest BCUT2D eigenvalue weighted by molar-refractivity contribution is 0.0972. The van der Waals surface area contributed by atoms with Crippen molar-refractivity contribution in [2.45, 2.75) is 20.0 Å². The van der Waals surface area contributed by atoms with E-state index in [1.807, 2.05) is 68.4 Å². The second kappa shape index (κ2) is 11.7. The molecule has 0 fully saturated rings. The molecule has 0 saturated heterocycles. The molecule has 3 aromatic rings. The quantitative estimate of drug-likeness (QED) is 0.351. The van der Waals surface area contributed by atoms with Crippen molar-refractivity contribution >= 4 is 28.9 Å². The Morgan fingerprint density at radius 3 is 2.22 bits per heavy atom. The fraction of sp³-hybridized carbons (Fsp3) is 0.200. The van der Waals surface area contributed by atoms with Crippen LogP contribution < -0.4 is 24.8 Å². The number of para-hydroxylation sites is 4. The van der Waals surface area contributed by atoms with Crippen LogP contribution in [0.4, 0.5) is 5.69 Å². The van der Waals surface area contributed by atoms with Gasteiger partial charge in [0.15, 0.2) is 5.11 Å². The van der Waals surface area contributed by atoms with Crippen molar-refractivity contribution in [1.82, 2.24) is 5.32 Å². The van der Waals surface area contributed by atoms with E-state index < -0.39 is 0 Å². The topological polar surface area (TPSA) is 68.8 Å². The first-order valence-corrected chi connectivity index (χ1v) is 10.7. The zero-order valence-electron chi connectivity index (χ0n) is 18.0. The van der Waals surface area contributed by atoms with Gasteiger partial charge >= 0.3 is 0 Å². The average Bonchev–Trinajstić information content (AvgIpc) is 2.78. The summed E-state index contributed by atoms with van der Waals surface area (Å²) in [5.74, 6) is 1.50. The maximum Gasteiger partial charge on any atom is 0.261 e. The standard InChI is InChI=1S/C25H26N2O4S/c1-18(2)31-23-15-9-7-13-21(23)26-25(32)27-24(28)20-12-6-8-14-22(20)30-17-16-29-19-10-4-3-5-11-19/h3-15,18H,16-17H2,1-2H3,(H2,26,27,28,32). The van der Waals surface area contributed by atoms with Crippen LogP contribution in [0.5, 0.6) is 17.2 Å². The van der Waals surface area contributed by atoms with Crippen LogP contribution >= 0.6 is 12.2 Å². The Morgan fingerprint density at radius 2 is 1.47 bits per heavy atom. The first-order chi connectivity index (χ1) is 15.5. The van der Waals surface area contributed by atoms with Gasteiger partial charge < -0.3 is 19.5 Å². The van der Waals surface area contributed by atoms with Crippen LogP contribution in [-0.4, -0.2) is 30.3 Å². The van der Waals surface area contributed by atoms with Gasteiger partial charge in [-0.25, -0.2) is 0 Å². The number of carbonyl (C=O) groups excluding carboxylic acids is 1. The van der Waals surface area contributed by atoms with E-state index in [0.717, 1.165) is 5.75 Å². The molecule has 3 rings (SSSR count). The highest BCUT2D eigenvalue weighted by atomic mass is 32.1. The molecule has 0 radical (unpaired) electrons. The van der Waals surface area contributed by atoms with Crippen LogP contribution in [-0.2, 0) is 0 Å². The third kappa shape index (κ3) is 6.99. The van der Waals surface area contributed by atoms with Gasteiger partial charge in [-0.15, -0.1) is 0 Å². The Morgan fingerprint density at radius 1 is 0.844 bits per heavy atom. The Kier molecular flexibility index (Phi) is 8.45. The minimum Gasteiger partial charge on any atom is -0.490 e. The summed E-state index contributed by atoms with van der Waals surface area (Å²) >= 11 is 5.33. The summed E-state index contributed by atoms with van der Waals surface area (Å²) in [4.78, 5) is 12.8. The number of ether oxygens (including phenoxy) is 3. The maximum absolute atomic E-state index is 12.8. The van der Waals surface area contributed by atoms with Gasteiger partial charge in [-0.3, -0.25) is 10.1 Å². The maximum atomic E-state index is 12.8. The molecule has 0 aliphatic carbocycles. The fourth-order valence-corrected chi connectivity index (χ4v) is 3.06. The van der Waals surface area contributed by atoms with E-state index in [2.05, 4.69) is 10.6 Å². The van der Waals surface area contributed by atoms with Gasteiger partial charge in [0.05, 0.1) is 17.4 Å². The van der Waals surface area contributed by atoms with Gasteiger partial charge in [0.2, 0.25) is 0 Å². The van der Waals surface area contributed by atoms with Crippen molar-refractivity contribution < 1.29 is 19.0 Å². The predicted octanol–water partition coefficient (Wildman–Crippen LogP) is 5.06. The molecule has 0 unspecified atom stereocenters. The van der Waals surface area contributed by atoms with E-state index in [1.165, 1.54) is 0 Å². The lowest BCUT2D eigenvalue weighted by Crippen LogP contribution is -2.34. The van der Waals surface area contributed by atoms with Crippen LogP contribution in [0.2, 0.25) is 0 Å². The van der Waals surface area contributed by atoms with Gasteiger partial charge in [0.25, 0.3) is 5.91 Å². The summed E-state index contributed by atoms with van der Waals surface area (Å²) < 4.78 is 17.2. The second-order valence-corrected chi connectivity index (χ2v) is 7.49. The molecule has 0 spiro atoms. The van der Waals surface area contributed by atoms with E-state index in [9.17, 15) is 4.79 Å². The van der Waals surface area contributed by atoms with Gasteiger partial charge in [0, 0.05) is 0 Å². The number of anilines is 1. The van der Waals surface area contributed by atoms with Crippen molar-refractivity contribution in [1.29, 1.82) is 0 Å². The molecule has 2 N–H and O–H groups in total. The molecule has 0 bridgehead atoms. The summed E-state index contributed by atoms with van der Waals surface area (Å²) in [6.07, 6.45) is 0.0102. The van der Waals surface area contributed by atoms with Crippen molar-refractivity contribution in [3.63, 3.8) is 0 Å². The number of benzene rings is 3. The number of nitrogens with one attached hydrogen (secondary N) is 2. The zero-order valence-corrected chi connectivity index (χ0v) is 18.9. The van der Waals surface area contributed by atoms with Crippen LogP contribution in [0.25, 0.3) is 0 Å². The van der Waals surface area contributed by atoms with Crippen molar-refractivity contribution in [3.8, 4) is 17.2 Å². The van der Waals surface area contributed by atoms with Crippen LogP contribution in [0.15, 0.2) is 78.9 Å². The zero-order chi connectivity index (χ0) is 22.8. The highest BCUT2D eigenvalue weighted by Gasteiger charge is 2.15. The Hall–Kier alpha value is -3.58. The molecule has 6 nitrogen and oxygen atoms in total. The van der Waals surface area contributed by atoms with E-state index in [-0.39, 0.29) is 17.1 Å². The molecular weight excluding hydrogens is 424 g/mol. The summed E-state index contributed by atoms with van der Waals surface area (Å²) in [7, 11) is 0. The van der Waals surface area contributed by atoms with Crippen LogP contribution in [0.1, 0.15) is 24.2 Å². The minimum atomic E-state index is -0.371. The van der Waals surface area contributed by atoms with E-state index >= 15 is 0 Å². The normalized spacial score (nSPS) is 10.3. The number of hydrogen-bond acceptors (Lipinski definition) is 5. The average molecular weight is 451 g/mol. The van der Waals surface area contributed by atoms with Gasteiger partial charge in [0.1, 0.15) is 30.5 Å². The van der Waals surface area contributed by atoms with Crippen molar-refractivity contribution in [2.24, 2.45) is 0 Å². The molecule has 166 valence electrons. The molecule has 0 aliphatic rings. The SMILES string of the molecule is CC(C)Oc1ccccc1NC(=S)NC(=O)c1ccccc1OCCOc1ccccc1. The van der Waals surface area contributed by atoms with E-state index in [0.29, 0.717) is 36.0 Å². The highest BCUT2D eigenvalue weighted by Crippen LogP contribution is 2.25. The Balaban J connectivity index is 1.56. The molecule has 0 atom stereocenters. The molecular formula is C25H26N2O4S. The largest absolute Gasteiger partial charge is 0.490 e. The second-order valence-electron chi connectivity index (χ2n) is 7.08. The van der Waals surface area contributed by atoms with Gasteiger partial charge in [-0.2, -0.15) is 0 Å². The lowest BCUT2D eigenvalue weighted by Gasteiger charge is -2.16.